The van der Waals surface area contributed by atoms with Crippen LogP contribution in [0.15, 0.2) is 54.9 Å². The Morgan fingerprint density at radius 1 is 1.15 bits per heavy atom. The van der Waals surface area contributed by atoms with Crippen LogP contribution >= 0.6 is 0 Å². The average Bonchev–Trinajstić information content (AvgIpc) is 2.62. The standard InChI is InChI=1S/C20H23N3O3/c1-14(25)22-12-17-20(16-7-3-2-4-8-16)18(13-24)23(17)19(26)10-15-6-5-9-21-11-15/h2-9,11,17-18,20,24H,10,12-13H2,1H3,(H,22,25)/t17-,18+,20+/m1/s1. The zero-order chi connectivity index (χ0) is 18.5. The number of rotatable bonds is 6. The number of benzene rings is 1. The summed E-state index contributed by atoms with van der Waals surface area (Å²) < 4.78 is 0. The van der Waals surface area contributed by atoms with Gasteiger partial charge in [-0.05, 0) is 17.2 Å². The lowest BCUT2D eigenvalue weighted by molar-refractivity contribution is -0.150. The molecule has 2 N–H and O–H groups in total. The molecule has 0 saturated carbocycles. The van der Waals surface area contributed by atoms with Gasteiger partial charge in [-0.3, -0.25) is 14.6 Å². The van der Waals surface area contributed by atoms with E-state index in [1.165, 1.54) is 6.92 Å². The summed E-state index contributed by atoms with van der Waals surface area (Å²) in [5, 5.41) is 12.7. The van der Waals surface area contributed by atoms with Gasteiger partial charge in [-0.25, -0.2) is 0 Å². The topological polar surface area (TPSA) is 82.5 Å². The predicted octanol–water partition coefficient (Wildman–Crippen LogP) is 1.12. The van der Waals surface area contributed by atoms with E-state index in [0.717, 1.165) is 11.1 Å². The third-order valence-electron chi connectivity index (χ3n) is 4.84. The number of aliphatic hydroxyl groups is 1. The van der Waals surface area contributed by atoms with Gasteiger partial charge >= 0.3 is 0 Å². The van der Waals surface area contributed by atoms with Gasteiger partial charge in [0.05, 0.1) is 25.1 Å². The summed E-state index contributed by atoms with van der Waals surface area (Å²) >= 11 is 0. The van der Waals surface area contributed by atoms with Crippen LogP contribution in [0.4, 0.5) is 0 Å². The van der Waals surface area contributed by atoms with E-state index in [9.17, 15) is 14.7 Å². The summed E-state index contributed by atoms with van der Waals surface area (Å²) in [7, 11) is 0. The second-order valence-corrected chi connectivity index (χ2v) is 6.53. The lowest BCUT2D eigenvalue weighted by atomic mass is 9.74. The van der Waals surface area contributed by atoms with Gasteiger partial charge in [0.15, 0.2) is 0 Å². The molecule has 0 radical (unpaired) electrons. The number of nitrogens with one attached hydrogen (secondary N) is 1. The third-order valence-corrected chi connectivity index (χ3v) is 4.84. The SMILES string of the molecule is CC(=O)NC[C@@H]1[C@H](c2ccccc2)[C@H](CO)N1C(=O)Cc1cccnc1. The molecule has 1 saturated heterocycles. The van der Waals surface area contributed by atoms with E-state index in [0.29, 0.717) is 6.54 Å². The molecule has 0 spiro atoms. The molecule has 1 aromatic heterocycles. The molecule has 0 unspecified atom stereocenters. The fraction of sp³-hybridized carbons (Fsp3) is 0.350. The molecular weight excluding hydrogens is 330 g/mol. The molecule has 2 heterocycles. The minimum atomic E-state index is -0.291. The van der Waals surface area contributed by atoms with Crippen molar-refractivity contribution in [1.82, 2.24) is 15.2 Å². The molecule has 0 aliphatic carbocycles. The number of amides is 2. The van der Waals surface area contributed by atoms with Crippen LogP contribution in [-0.4, -0.2) is 52.0 Å². The Hall–Kier alpha value is -2.73. The fourth-order valence-corrected chi connectivity index (χ4v) is 3.68. The lowest BCUT2D eigenvalue weighted by Crippen LogP contribution is -2.68. The van der Waals surface area contributed by atoms with Crippen molar-refractivity contribution in [3.05, 3.63) is 66.0 Å². The molecule has 1 aromatic carbocycles. The summed E-state index contributed by atoms with van der Waals surface area (Å²) in [4.78, 5) is 30.0. The molecular formula is C20H23N3O3. The quantitative estimate of drug-likeness (QED) is 0.815. The van der Waals surface area contributed by atoms with E-state index in [2.05, 4.69) is 10.3 Å². The van der Waals surface area contributed by atoms with Crippen LogP contribution in [0.1, 0.15) is 24.0 Å². The summed E-state index contributed by atoms with van der Waals surface area (Å²) in [5.74, 6) is -0.214. The van der Waals surface area contributed by atoms with Gasteiger partial charge in [-0.2, -0.15) is 0 Å². The van der Waals surface area contributed by atoms with Crippen molar-refractivity contribution in [2.24, 2.45) is 0 Å². The molecule has 2 amide bonds. The maximum atomic E-state index is 12.9. The number of carbonyl (C=O) groups excluding carboxylic acids is 2. The third kappa shape index (κ3) is 3.75. The van der Waals surface area contributed by atoms with Crippen molar-refractivity contribution in [3.8, 4) is 0 Å². The van der Waals surface area contributed by atoms with Gasteiger partial charge in [-0.1, -0.05) is 36.4 Å². The van der Waals surface area contributed by atoms with Crippen molar-refractivity contribution in [1.29, 1.82) is 0 Å². The number of pyridine rings is 1. The first-order valence-corrected chi connectivity index (χ1v) is 8.72. The number of hydrogen-bond donors (Lipinski definition) is 2. The first kappa shape index (κ1) is 18.1. The Bertz CT molecular complexity index is 751. The summed E-state index contributed by atoms with van der Waals surface area (Å²) in [6, 6.07) is 13.0. The molecule has 6 nitrogen and oxygen atoms in total. The van der Waals surface area contributed by atoms with E-state index in [1.807, 2.05) is 36.4 Å². The van der Waals surface area contributed by atoms with Crippen LogP contribution in [0.25, 0.3) is 0 Å². The Balaban J connectivity index is 1.81. The molecule has 136 valence electrons. The van der Waals surface area contributed by atoms with E-state index in [4.69, 9.17) is 0 Å². The highest BCUT2D eigenvalue weighted by atomic mass is 16.3. The van der Waals surface area contributed by atoms with Crippen LogP contribution in [0, 0.1) is 0 Å². The minimum Gasteiger partial charge on any atom is -0.394 e. The van der Waals surface area contributed by atoms with Gasteiger partial charge in [0, 0.05) is 31.8 Å². The minimum absolute atomic E-state index is 0.00843. The first-order chi connectivity index (χ1) is 12.6. The maximum Gasteiger partial charge on any atom is 0.227 e. The Labute approximate surface area is 152 Å². The van der Waals surface area contributed by atoms with Gasteiger partial charge in [0.25, 0.3) is 0 Å². The molecule has 3 atom stereocenters. The van der Waals surface area contributed by atoms with Crippen molar-refractivity contribution >= 4 is 11.8 Å². The molecule has 1 fully saturated rings. The van der Waals surface area contributed by atoms with Crippen LogP contribution in [-0.2, 0) is 16.0 Å². The van der Waals surface area contributed by atoms with E-state index < -0.39 is 0 Å². The van der Waals surface area contributed by atoms with Crippen molar-refractivity contribution in [2.45, 2.75) is 31.3 Å². The Morgan fingerprint density at radius 3 is 2.54 bits per heavy atom. The highest BCUT2D eigenvalue weighted by Gasteiger charge is 2.50. The van der Waals surface area contributed by atoms with E-state index >= 15 is 0 Å². The van der Waals surface area contributed by atoms with Crippen molar-refractivity contribution in [2.75, 3.05) is 13.2 Å². The number of carbonyl (C=O) groups is 2. The molecule has 1 aliphatic rings. The lowest BCUT2D eigenvalue weighted by Gasteiger charge is -2.55. The second kappa shape index (κ2) is 8.10. The zero-order valence-corrected chi connectivity index (χ0v) is 14.7. The number of nitrogens with zero attached hydrogens (tertiary/aromatic N) is 2. The number of likely N-dealkylation sites (tertiary alicyclic amines) is 1. The maximum absolute atomic E-state index is 12.9. The van der Waals surface area contributed by atoms with E-state index in [-0.39, 0.29) is 42.8 Å². The van der Waals surface area contributed by atoms with Crippen molar-refractivity contribution in [3.63, 3.8) is 0 Å². The van der Waals surface area contributed by atoms with E-state index in [1.54, 1.807) is 23.4 Å². The zero-order valence-electron chi connectivity index (χ0n) is 14.7. The van der Waals surface area contributed by atoms with Gasteiger partial charge in [-0.15, -0.1) is 0 Å². The summed E-state index contributed by atoms with van der Waals surface area (Å²) in [5.41, 5.74) is 1.89. The van der Waals surface area contributed by atoms with Gasteiger partial charge in [0.1, 0.15) is 0 Å². The second-order valence-electron chi connectivity index (χ2n) is 6.53. The molecule has 3 rings (SSSR count). The molecule has 2 aromatic rings. The smallest absolute Gasteiger partial charge is 0.227 e. The fourth-order valence-electron chi connectivity index (χ4n) is 3.68. The summed E-state index contributed by atoms with van der Waals surface area (Å²) in [6.07, 6.45) is 3.56. The molecule has 6 heteroatoms. The average molecular weight is 353 g/mol. The first-order valence-electron chi connectivity index (χ1n) is 8.72. The van der Waals surface area contributed by atoms with Crippen LogP contribution in [0.3, 0.4) is 0 Å². The Morgan fingerprint density at radius 2 is 1.92 bits per heavy atom. The van der Waals surface area contributed by atoms with Crippen molar-refractivity contribution < 1.29 is 14.7 Å². The molecule has 26 heavy (non-hydrogen) atoms. The number of aromatic nitrogens is 1. The highest BCUT2D eigenvalue weighted by Crippen LogP contribution is 2.40. The van der Waals surface area contributed by atoms with Crippen LogP contribution in [0.2, 0.25) is 0 Å². The Kier molecular flexibility index (Phi) is 5.63. The van der Waals surface area contributed by atoms with Gasteiger partial charge in [0.2, 0.25) is 11.8 Å². The number of hydrogen-bond acceptors (Lipinski definition) is 4. The summed E-state index contributed by atoms with van der Waals surface area (Å²) in [6.45, 7) is 1.71. The van der Waals surface area contributed by atoms with Gasteiger partial charge < -0.3 is 15.3 Å². The monoisotopic (exact) mass is 353 g/mol. The largest absolute Gasteiger partial charge is 0.394 e. The van der Waals surface area contributed by atoms with Crippen LogP contribution in [0.5, 0.6) is 0 Å². The normalized spacial score (nSPS) is 21.8. The molecule has 1 aliphatic heterocycles. The molecule has 0 bridgehead atoms. The highest BCUT2D eigenvalue weighted by molar-refractivity contribution is 5.81. The van der Waals surface area contributed by atoms with Crippen LogP contribution < -0.4 is 5.32 Å². The predicted molar refractivity (Wildman–Crippen MR) is 97.3 cm³/mol. The number of aliphatic hydroxyl groups excluding tert-OH is 1.